The maximum Gasteiger partial charge on any atom is 0.274 e. The molecule has 1 fully saturated rings. The smallest absolute Gasteiger partial charge is 0.274 e. The number of carbonyl (C=O) groups excluding carboxylic acids is 1. The molecule has 0 unspecified atom stereocenters. The highest BCUT2D eigenvalue weighted by molar-refractivity contribution is 7.16. The van der Waals surface area contributed by atoms with Crippen LogP contribution in [0.25, 0.3) is 21.4 Å². The number of para-hydroxylation sites is 2. The highest BCUT2D eigenvalue weighted by atomic mass is 32.1. The van der Waals surface area contributed by atoms with Gasteiger partial charge >= 0.3 is 0 Å². The zero-order valence-electron chi connectivity index (χ0n) is 14.8. The molecule has 2 N–H and O–H groups in total. The number of amides is 1. The van der Waals surface area contributed by atoms with Gasteiger partial charge in [0, 0.05) is 26.2 Å². The molecule has 1 aliphatic rings. The number of rotatable bonds is 2. The lowest BCUT2D eigenvalue weighted by Gasteiger charge is -2.35. The number of carbonyl (C=O) groups is 1. The van der Waals surface area contributed by atoms with Crippen molar-refractivity contribution in [2.24, 2.45) is 0 Å². The van der Waals surface area contributed by atoms with Crippen molar-refractivity contribution in [1.82, 2.24) is 29.8 Å². The van der Waals surface area contributed by atoms with Crippen LogP contribution >= 0.6 is 11.3 Å². The summed E-state index contributed by atoms with van der Waals surface area (Å²) < 4.78 is 0. The standard InChI is InChI=1S/C18H16N8OS/c19-18-23-15(14-16(24-18)28-10-21-14)25-5-7-26(8-6-25)17(27)13-9-20-11-3-1-2-4-12(11)22-13/h1-4,9-10H,5-8H2,(H2,19,23,24). The van der Waals surface area contributed by atoms with E-state index in [2.05, 4.69) is 29.8 Å². The molecule has 3 aromatic heterocycles. The van der Waals surface area contributed by atoms with Gasteiger partial charge in [-0.2, -0.15) is 4.98 Å². The molecule has 1 saturated heterocycles. The molecule has 4 heterocycles. The normalized spacial score (nSPS) is 14.7. The van der Waals surface area contributed by atoms with Crippen LogP contribution in [0, 0.1) is 0 Å². The molecule has 0 saturated carbocycles. The number of thiazole rings is 1. The van der Waals surface area contributed by atoms with Crippen LogP contribution in [-0.4, -0.2) is 61.9 Å². The van der Waals surface area contributed by atoms with Crippen molar-refractivity contribution in [1.29, 1.82) is 0 Å². The minimum absolute atomic E-state index is 0.112. The Balaban J connectivity index is 1.34. The van der Waals surface area contributed by atoms with Crippen molar-refractivity contribution in [3.8, 4) is 0 Å². The summed E-state index contributed by atoms with van der Waals surface area (Å²) in [6.45, 7) is 2.39. The molecule has 0 radical (unpaired) electrons. The van der Waals surface area contributed by atoms with Crippen LogP contribution in [0.4, 0.5) is 11.8 Å². The molecular weight excluding hydrogens is 376 g/mol. The molecular formula is C18H16N8OS. The van der Waals surface area contributed by atoms with E-state index in [1.165, 1.54) is 11.3 Å². The number of hydrogen-bond donors (Lipinski definition) is 1. The van der Waals surface area contributed by atoms with Crippen molar-refractivity contribution in [3.05, 3.63) is 41.7 Å². The highest BCUT2D eigenvalue weighted by Gasteiger charge is 2.26. The van der Waals surface area contributed by atoms with E-state index < -0.39 is 0 Å². The Hall–Kier alpha value is -3.40. The summed E-state index contributed by atoms with van der Waals surface area (Å²) in [5.74, 6) is 0.844. The molecule has 9 nitrogen and oxygen atoms in total. The molecule has 140 valence electrons. The van der Waals surface area contributed by atoms with Crippen molar-refractivity contribution in [2.75, 3.05) is 36.8 Å². The van der Waals surface area contributed by atoms with Gasteiger partial charge in [-0.1, -0.05) is 12.1 Å². The number of piperazine rings is 1. The fourth-order valence-corrected chi connectivity index (χ4v) is 3.99. The molecule has 1 aliphatic heterocycles. The molecule has 28 heavy (non-hydrogen) atoms. The summed E-state index contributed by atoms with van der Waals surface area (Å²) in [5, 5.41) is 0. The zero-order chi connectivity index (χ0) is 19.1. The number of nitrogen functional groups attached to an aromatic ring is 1. The van der Waals surface area contributed by atoms with E-state index in [1.807, 2.05) is 24.3 Å². The number of anilines is 2. The Morgan fingerprint density at radius 3 is 2.61 bits per heavy atom. The van der Waals surface area contributed by atoms with Crippen LogP contribution in [0.2, 0.25) is 0 Å². The number of nitrogens with two attached hydrogens (primary N) is 1. The average Bonchev–Trinajstić information content (AvgIpc) is 3.21. The predicted molar refractivity (Wildman–Crippen MR) is 107 cm³/mol. The summed E-state index contributed by atoms with van der Waals surface area (Å²) in [7, 11) is 0. The van der Waals surface area contributed by atoms with Gasteiger partial charge < -0.3 is 15.5 Å². The van der Waals surface area contributed by atoms with E-state index in [4.69, 9.17) is 5.73 Å². The molecule has 1 aromatic carbocycles. The summed E-state index contributed by atoms with van der Waals surface area (Å²) >= 11 is 1.43. The van der Waals surface area contributed by atoms with Crippen molar-refractivity contribution >= 4 is 50.4 Å². The maximum atomic E-state index is 12.9. The van der Waals surface area contributed by atoms with Crippen LogP contribution in [0.1, 0.15) is 10.5 Å². The van der Waals surface area contributed by atoms with E-state index >= 15 is 0 Å². The fourth-order valence-electron chi connectivity index (χ4n) is 3.33. The topological polar surface area (TPSA) is 114 Å². The summed E-state index contributed by atoms with van der Waals surface area (Å²) in [6.07, 6.45) is 1.54. The number of benzene rings is 1. The highest BCUT2D eigenvalue weighted by Crippen LogP contribution is 2.27. The Morgan fingerprint density at radius 2 is 1.79 bits per heavy atom. The van der Waals surface area contributed by atoms with Gasteiger partial charge in [0.25, 0.3) is 5.91 Å². The maximum absolute atomic E-state index is 12.9. The molecule has 1 amide bonds. The second-order valence-corrected chi connectivity index (χ2v) is 7.27. The van der Waals surface area contributed by atoms with Gasteiger partial charge in [-0.25, -0.2) is 15.0 Å². The van der Waals surface area contributed by atoms with Crippen LogP contribution in [0.15, 0.2) is 36.0 Å². The molecule has 4 aromatic rings. The van der Waals surface area contributed by atoms with Crippen LogP contribution in [0.3, 0.4) is 0 Å². The van der Waals surface area contributed by atoms with E-state index in [0.29, 0.717) is 31.9 Å². The quantitative estimate of drug-likeness (QED) is 0.547. The third-order valence-corrected chi connectivity index (χ3v) is 5.45. The minimum Gasteiger partial charge on any atom is -0.368 e. The molecule has 0 bridgehead atoms. The van der Waals surface area contributed by atoms with Gasteiger partial charge in [-0.3, -0.25) is 9.78 Å². The second kappa shape index (κ2) is 6.64. The van der Waals surface area contributed by atoms with Crippen LogP contribution < -0.4 is 10.6 Å². The first-order valence-corrected chi connectivity index (χ1v) is 9.70. The van der Waals surface area contributed by atoms with E-state index in [9.17, 15) is 4.79 Å². The van der Waals surface area contributed by atoms with Gasteiger partial charge in [0.2, 0.25) is 5.95 Å². The van der Waals surface area contributed by atoms with Crippen molar-refractivity contribution in [2.45, 2.75) is 0 Å². The van der Waals surface area contributed by atoms with E-state index in [1.54, 1.807) is 16.6 Å². The number of nitrogens with zero attached hydrogens (tertiary/aromatic N) is 7. The predicted octanol–water partition coefficient (Wildman–Crippen LogP) is 1.57. The Morgan fingerprint density at radius 1 is 1.00 bits per heavy atom. The zero-order valence-corrected chi connectivity index (χ0v) is 15.6. The van der Waals surface area contributed by atoms with Gasteiger partial charge in [0.15, 0.2) is 10.6 Å². The summed E-state index contributed by atoms with van der Waals surface area (Å²) in [4.78, 5) is 39.3. The van der Waals surface area contributed by atoms with Crippen molar-refractivity contribution < 1.29 is 4.79 Å². The molecule has 5 rings (SSSR count). The van der Waals surface area contributed by atoms with Gasteiger partial charge in [0.05, 0.1) is 22.7 Å². The second-order valence-electron chi connectivity index (χ2n) is 6.43. The SMILES string of the molecule is Nc1nc(N2CCN(C(=O)c3cnc4ccccc4n3)CC2)c2ncsc2n1. The molecule has 0 spiro atoms. The fraction of sp³-hybridized carbons (Fsp3) is 0.222. The van der Waals surface area contributed by atoms with Crippen LogP contribution in [0.5, 0.6) is 0 Å². The lowest BCUT2D eigenvalue weighted by molar-refractivity contribution is 0.0740. The number of hydrogen-bond acceptors (Lipinski definition) is 9. The molecule has 0 atom stereocenters. The first kappa shape index (κ1) is 16.8. The molecule has 10 heteroatoms. The third-order valence-electron chi connectivity index (χ3n) is 4.73. The van der Waals surface area contributed by atoms with Crippen molar-refractivity contribution in [3.63, 3.8) is 0 Å². The van der Waals surface area contributed by atoms with Gasteiger partial charge in [-0.05, 0) is 12.1 Å². The third kappa shape index (κ3) is 2.87. The first-order chi connectivity index (χ1) is 13.7. The van der Waals surface area contributed by atoms with E-state index in [0.717, 1.165) is 27.2 Å². The lowest BCUT2D eigenvalue weighted by Crippen LogP contribution is -2.49. The summed E-state index contributed by atoms with van der Waals surface area (Å²) in [6, 6.07) is 7.52. The Labute approximate surface area is 163 Å². The lowest BCUT2D eigenvalue weighted by atomic mass is 10.2. The average molecular weight is 392 g/mol. The monoisotopic (exact) mass is 392 g/mol. The summed E-state index contributed by atoms with van der Waals surface area (Å²) in [5.41, 5.74) is 10.2. The Kier molecular flexibility index (Phi) is 3.97. The minimum atomic E-state index is -0.112. The first-order valence-electron chi connectivity index (χ1n) is 8.82. The molecule has 0 aliphatic carbocycles. The van der Waals surface area contributed by atoms with E-state index in [-0.39, 0.29) is 11.9 Å². The Bertz CT molecular complexity index is 1180. The van der Waals surface area contributed by atoms with Crippen LogP contribution in [-0.2, 0) is 0 Å². The van der Waals surface area contributed by atoms with Gasteiger partial charge in [0.1, 0.15) is 11.2 Å². The van der Waals surface area contributed by atoms with Gasteiger partial charge in [-0.15, -0.1) is 11.3 Å². The largest absolute Gasteiger partial charge is 0.368 e. The number of aromatic nitrogens is 5. The number of fused-ring (bicyclic) bond motifs is 2.